The molecule has 0 aliphatic carbocycles. The van der Waals surface area contributed by atoms with Crippen LogP contribution >= 0.6 is 15.9 Å². The summed E-state index contributed by atoms with van der Waals surface area (Å²) in [7, 11) is 0. The molecular weight excluding hydrogens is 318 g/mol. The van der Waals surface area contributed by atoms with Gasteiger partial charge in [-0.15, -0.1) is 0 Å². The Bertz CT molecular complexity index is 575. The number of nitrogen functional groups attached to an aromatic ring is 1. The Morgan fingerprint density at radius 3 is 2.50 bits per heavy atom. The fraction of sp³-hybridized carbons (Fsp3) is 0.333. The van der Waals surface area contributed by atoms with Crippen LogP contribution in [0.25, 0.3) is 11.3 Å². The summed E-state index contributed by atoms with van der Waals surface area (Å²) in [5.74, 6) is 1.07. The second-order valence-electron chi connectivity index (χ2n) is 4.35. The van der Waals surface area contributed by atoms with E-state index in [4.69, 9.17) is 10.5 Å². The molecule has 0 saturated carbocycles. The van der Waals surface area contributed by atoms with Crippen LogP contribution in [0.3, 0.4) is 0 Å². The van der Waals surface area contributed by atoms with Crippen LogP contribution in [0, 0.1) is 0 Å². The maximum atomic E-state index is 5.99. The first-order valence-electron chi connectivity index (χ1n) is 6.67. The number of benzene rings is 1. The van der Waals surface area contributed by atoms with Crippen molar-refractivity contribution in [3.8, 4) is 11.3 Å². The van der Waals surface area contributed by atoms with Crippen LogP contribution < -0.4 is 5.73 Å². The van der Waals surface area contributed by atoms with Crippen LogP contribution in [0.5, 0.6) is 0 Å². The lowest BCUT2D eigenvalue weighted by molar-refractivity contribution is 0.0536. The topological polar surface area (TPSA) is 61.0 Å². The van der Waals surface area contributed by atoms with Gasteiger partial charge in [-0.25, -0.2) is 9.97 Å². The first-order valence-corrected chi connectivity index (χ1v) is 7.46. The van der Waals surface area contributed by atoms with E-state index in [0.29, 0.717) is 18.2 Å². The van der Waals surface area contributed by atoms with Gasteiger partial charge in [0.25, 0.3) is 0 Å². The third-order valence-electron chi connectivity index (χ3n) is 2.97. The number of nitrogens with two attached hydrogens (primary N) is 1. The summed E-state index contributed by atoms with van der Waals surface area (Å²) in [5.41, 5.74) is 7.79. The van der Waals surface area contributed by atoms with E-state index in [0.717, 1.165) is 22.2 Å². The van der Waals surface area contributed by atoms with Crippen LogP contribution in [-0.2, 0) is 4.74 Å². The number of rotatable bonds is 5. The zero-order chi connectivity index (χ0) is 14.5. The Balaban J connectivity index is 2.50. The molecule has 1 heterocycles. The molecule has 2 rings (SSSR count). The standard InChI is InChI=1S/C15H18BrN3O/c1-3-11(20-4-2)15-18-13(12(16)14(17)19-15)10-8-6-5-7-9-10/h5-9,11H,3-4H2,1-2H3,(H2,17,18,19). The van der Waals surface area contributed by atoms with Crippen molar-refractivity contribution in [2.75, 3.05) is 12.3 Å². The largest absolute Gasteiger partial charge is 0.383 e. The van der Waals surface area contributed by atoms with E-state index in [2.05, 4.69) is 25.9 Å². The van der Waals surface area contributed by atoms with Crippen molar-refractivity contribution in [3.63, 3.8) is 0 Å². The third kappa shape index (κ3) is 3.16. The summed E-state index contributed by atoms with van der Waals surface area (Å²) in [4.78, 5) is 8.97. The molecule has 1 unspecified atom stereocenters. The number of hydrogen-bond donors (Lipinski definition) is 1. The molecule has 1 atom stereocenters. The van der Waals surface area contributed by atoms with Crippen molar-refractivity contribution < 1.29 is 4.74 Å². The Morgan fingerprint density at radius 2 is 1.90 bits per heavy atom. The van der Waals surface area contributed by atoms with Crippen LogP contribution in [0.1, 0.15) is 32.2 Å². The van der Waals surface area contributed by atoms with E-state index in [-0.39, 0.29) is 6.10 Å². The van der Waals surface area contributed by atoms with E-state index in [1.54, 1.807) is 0 Å². The number of nitrogens with zero attached hydrogens (tertiary/aromatic N) is 2. The first-order chi connectivity index (χ1) is 9.67. The molecule has 20 heavy (non-hydrogen) atoms. The molecule has 0 aliphatic rings. The van der Waals surface area contributed by atoms with Crippen molar-refractivity contribution in [2.45, 2.75) is 26.4 Å². The lowest BCUT2D eigenvalue weighted by Gasteiger charge is -2.16. The molecule has 0 bridgehead atoms. The van der Waals surface area contributed by atoms with Gasteiger partial charge in [0.2, 0.25) is 0 Å². The van der Waals surface area contributed by atoms with E-state index in [9.17, 15) is 0 Å². The minimum Gasteiger partial charge on any atom is -0.383 e. The fourth-order valence-corrected chi connectivity index (χ4v) is 2.40. The second kappa shape index (κ2) is 6.81. The van der Waals surface area contributed by atoms with Crippen molar-refractivity contribution in [2.24, 2.45) is 0 Å². The minimum absolute atomic E-state index is 0.127. The summed E-state index contributed by atoms with van der Waals surface area (Å²) < 4.78 is 6.39. The summed E-state index contributed by atoms with van der Waals surface area (Å²) >= 11 is 3.47. The molecule has 1 aromatic carbocycles. The Labute approximate surface area is 127 Å². The molecule has 0 radical (unpaired) electrons. The van der Waals surface area contributed by atoms with Gasteiger partial charge < -0.3 is 10.5 Å². The van der Waals surface area contributed by atoms with Gasteiger partial charge in [-0.2, -0.15) is 0 Å². The number of halogens is 1. The van der Waals surface area contributed by atoms with Gasteiger partial charge in [-0.05, 0) is 29.3 Å². The normalized spacial score (nSPS) is 12.3. The summed E-state index contributed by atoms with van der Waals surface area (Å²) in [6.45, 7) is 4.63. The van der Waals surface area contributed by atoms with Gasteiger partial charge in [0.05, 0.1) is 10.2 Å². The van der Waals surface area contributed by atoms with E-state index in [1.165, 1.54) is 0 Å². The van der Waals surface area contributed by atoms with Gasteiger partial charge in [-0.1, -0.05) is 37.3 Å². The van der Waals surface area contributed by atoms with Crippen molar-refractivity contribution in [3.05, 3.63) is 40.6 Å². The molecule has 1 aromatic heterocycles. The average Bonchev–Trinajstić information content (AvgIpc) is 2.48. The molecule has 5 heteroatoms. The number of hydrogen-bond acceptors (Lipinski definition) is 4. The molecule has 0 amide bonds. The highest BCUT2D eigenvalue weighted by atomic mass is 79.9. The van der Waals surface area contributed by atoms with Crippen LogP contribution in [0.2, 0.25) is 0 Å². The zero-order valence-electron chi connectivity index (χ0n) is 11.6. The number of ether oxygens (including phenoxy) is 1. The second-order valence-corrected chi connectivity index (χ2v) is 5.14. The quantitative estimate of drug-likeness (QED) is 0.897. The molecular formula is C15H18BrN3O. The molecule has 106 valence electrons. The third-order valence-corrected chi connectivity index (χ3v) is 3.75. The van der Waals surface area contributed by atoms with Gasteiger partial charge in [0.15, 0.2) is 5.82 Å². The molecule has 2 N–H and O–H groups in total. The number of anilines is 1. The van der Waals surface area contributed by atoms with Crippen molar-refractivity contribution >= 4 is 21.7 Å². The molecule has 0 fully saturated rings. The van der Waals surface area contributed by atoms with Gasteiger partial charge in [-0.3, -0.25) is 0 Å². The van der Waals surface area contributed by atoms with E-state index >= 15 is 0 Å². The predicted octanol–water partition coefficient (Wildman–Crippen LogP) is 3.98. The lowest BCUT2D eigenvalue weighted by Crippen LogP contribution is -2.11. The molecule has 0 aliphatic heterocycles. The highest BCUT2D eigenvalue weighted by Crippen LogP contribution is 2.32. The maximum absolute atomic E-state index is 5.99. The maximum Gasteiger partial charge on any atom is 0.160 e. The van der Waals surface area contributed by atoms with Gasteiger partial charge in [0.1, 0.15) is 11.9 Å². The lowest BCUT2D eigenvalue weighted by atomic mass is 10.1. The summed E-state index contributed by atoms with van der Waals surface area (Å²) in [6.07, 6.45) is 0.682. The SMILES string of the molecule is CCOC(CC)c1nc(N)c(Br)c(-c2ccccc2)n1. The average molecular weight is 336 g/mol. The smallest absolute Gasteiger partial charge is 0.160 e. The minimum atomic E-state index is -0.127. The van der Waals surface area contributed by atoms with Crippen molar-refractivity contribution in [1.82, 2.24) is 9.97 Å². The Morgan fingerprint density at radius 1 is 1.20 bits per heavy atom. The zero-order valence-corrected chi connectivity index (χ0v) is 13.2. The summed E-state index contributed by atoms with van der Waals surface area (Å²) in [6, 6.07) is 9.91. The molecule has 0 saturated heterocycles. The van der Waals surface area contributed by atoms with Crippen LogP contribution in [-0.4, -0.2) is 16.6 Å². The highest BCUT2D eigenvalue weighted by molar-refractivity contribution is 9.10. The Kier molecular flexibility index (Phi) is 5.09. The first kappa shape index (κ1) is 14.9. The van der Waals surface area contributed by atoms with Gasteiger partial charge >= 0.3 is 0 Å². The monoisotopic (exact) mass is 335 g/mol. The van der Waals surface area contributed by atoms with E-state index < -0.39 is 0 Å². The molecule has 2 aromatic rings. The van der Waals surface area contributed by atoms with Crippen molar-refractivity contribution in [1.29, 1.82) is 0 Å². The Hall–Kier alpha value is -1.46. The molecule has 4 nitrogen and oxygen atoms in total. The van der Waals surface area contributed by atoms with Crippen LogP contribution in [0.15, 0.2) is 34.8 Å². The molecule has 0 spiro atoms. The predicted molar refractivity (Wildman–Crippen MR) is 84.2 cm³/mol. The van der Waals surface area contributed by atoms with Crippen LogP contribution in [0.4, 0.5) is 5.82 Å². The highest BCUT2D eigenvalue weighted by Gasteiger charge is 2.18. The number of aromatic nitrogens is 2. The fourth-order valence-electron chi connectivity index (χ4n) is 1.99. The van der Waals surface area contributed by atoms with Gasteiger partial charge in [0, 0.05) is 12.2 Å². The van der Waals surface area contributed by atoms with E-state index in [1.807, 2.05) is 44.2 Å². The summed E-state index contributed by atoms with van der Waals surface area (Å²) in [5, 5.41) is 0.